The zero-order chi connectivity index (χ0) is 15.3. The van der Waals surface area contributed by atoms with E-state index in [2.05, 4.69) is 10.2 Å². The number of amides is 1. The Bertz CT molecular complexity index is 433. The maximum absolute atomic E-state index is 11.6. The first kappa shape index (κ1) is 17.0. The molecule has 0 saturated carbocycles. The van der Waals surface area contributed by atoms with Gasteiger partial charge in [0.25, 0.3) is 0 Å². The third-order valence-corrected chi connectivity index (χ3v) is 3.69. The molecular formula is C15H24ClN3O. The molecule has 1 aromatic carbocycles. The number of nitrogens with zero attached hydrogens (tertiary/aromatic N) is 1. The highest BCUT2D eigenvalue weighted by Gasteiger charge is 2.24. The van der Waals surface area contributed by atoms with Crippen LogP contribution in [-0.4, -0.2) is 37.5 Å². The molecule has 0 aliphatic carbocycles. The maximum Gasteiger partial charge on any atom is 0.223 e. The highest BCUT2D eigenvalue weighted by Crippen LogP contribution is 2.24. The first-order valence-corrected chi connectivity index (χ1v) is 7.17. The van der Waals surface area contributed by atoms with E-state index in [4.69, 9.17) is 17.3 Å². The smallest absolute Gasteiger partial charge is 0.223 e. The average Bonchev–Trinajstić information content (AvgIpc) is 2.39. The molecule has 3 N–H and O–H groups in total. The Hall–Kier alpha value is -1.10. The number of nitrogens with two attached hydrogens (primary N) is 1. The van der Waals surface area contributed by atoms with Crippen molar-refractivity contribution < 1.29 is 4.79 Å². The van der Waals surface area contributed by atoms with Crippen molar-refractivity contribution in [3.63, 3.8) is 0 Å². The number of benzene rings is 1. The van der Waals surface area contributed by atoms with Gasteiger partial charge in [0.2, 0.25) is 5.91 Å². The first-order valence-electron chi connectivity index (χ1n) is 6.79. The second-order valence-electron chi connectivity index (χ2n) is 5.31. The molecule has 3 unspecified atom stereocenters. The van der Waals surface area contributed by atoms with E-state index in [-0.39, 0.29) is 23.9 Å². The molecule has 0 fully saturated rings. The minimum absolute atomic E-state index is 0.0383. The standard InChI is InChI=1S/C15H24ClN3O/c1-10(15(20)18-3)9-19(4)14(11(2)17)12-5-7-13(16)8-6-12/h5-8,10-11,14H,9,17H2,1-4H3,(H,18,20). The van der Waals surface area contributed by atoms with Gasteiger partial charge in [-0.3, -0.25) is 9.69 Å². The van der Waals surface area contributed by atoms with Crippen molar-refractivity contribution >= 4 is 17.5 Å². The SMILES string of the molecule is CNC(=O)C(C)CN(C)C(c1ccc(Cl)cc1)C(C)N. The molecule has 1 rings (SSSR count). The van der Waals surface area contributed by atoms with Gasteiger partial charge < -0.3 is 11.1 Å². The maximum atomic E-state index is 11.6. The number of carbonyl (C=O) groups excluding carboxylic acids is 1. The lowest BCUT2D eigenvalue weighted by Gasteiger charge is -2.33. The van der Waals surface area contributed by atoms with Gasteiger partial charge in [0.05, 0.1) is 0 Å². The van der Waals surface area contributed by atoms with E-state index in [0.29, 0.717) is 11.6 Å². The summed E-state index contributed by atoms with van der Waals surface area (Å²) in [5.41, 5.74) is 7.22. The average molecular weight is 298 g/mol. The zero-order valence-corrected chi connectivity index (χ0v) is 13.3. The molecule has 1 aromatic rings. The molecule has 0 heterocycles. The molecule has 1 amide bonds. The van der Waals surface area contributed by atoms with Crippen molar-refractivity contribution in [2.45, 2.75) is 25.9 Å². The second-order valence-corrected chi connectivity index (χ2v) is 5.75. The number of nitrogens with one attached hydrogen (secondary N) is 1. The normalized spacial score (nSPS) is 15.8. The van der Waals surface area contributed by atoms with Crippen LogP contribution in [0.15, 0.2) is 24.3 Å². The highest BCUT2D eigenvalue weighted by molar-refractivity contribution is 6.30. The van der Waals surface area contributed by atoms with Crippen molar-refractivity contribution in [3.05, 3.63) is 34.9 Å². The summed E-state index contributed by atoms with van der Waals surface area (Å²) in [4.78, 5) is 13.8. The van der Waals surface area contributed by atoms with Gasteiger partial charge in [-0.1, -0.05) is 30.7 Å². The van der Waals surface area contributed by atoms with Gasteiger partial charge in [0.1, 0.15) is 0 Å². The molecule has 0 saturated heterocycles. The topological polar surface area (TPSA) is 58.4 Å². The third kappa shape index (κ3) is 4.47. The summed E-state index contributed by atoms with van der Waals surface area (Å²) < 4.78 is 0. The van der Waals surface area contributed by atoms with Crippen LogP contribution in [0.1, 0.15) is 25.5 Å². The van der Waals surface area contributed by atoms with Crippen molar-refractivity contribution in [2.75, 3.05) is 20.6 Å². The van der Waals surface area contributed by atoms with Crippen LogP contribution in [0.4, 0.5) is 0 Å². The van der Waals surface area contributed by atoms with Crippen LogP contribution in [0.25, 0.3) is 0 Å². The minimum atomic E-state index is -0.0847. The predicted octanol–water partition coefficient (Wildman–Crippen LogP) is 2.04. The molecule has 0 spiro atoms. The van der Waals surface area contributed by atoms with E-state index in [1.807, 2.05) is 45.2 Å². The Balaban J connectivity index is 2.85. The summed E-state index contributed by atoms with van der Waals surface area (Å²) in [6.07, 6.45) is 0. The van der Waals surface area contributed by atoms with Crippen molar-refractivity contribution in [2.24, 2.45) is 11.7 Å². The second kappa shape index (κ2) is 7.62. The third-order valence-electron chi connectivity index (χ3n) is 3.44. The lowest BCUT2D eigenvalue weighted by Crippen LogP contribution is -2.41. The van der Waals surface area contributed by atoms with E-state index in [1.54, 1.807) is 7.05 Å². The Labute approximate surface area is 126 Å². The van der Waals surface area contributed by atoms with E-state index < -0.39 is 0 Å². The van der Waals surface area contributed by atoms with Gasteiger partial charge in [-0.05, 0) is 31.7 Å². The van der Waals surface area contributed by atoms with Gasteiger partial charge in [0, 0.05) is 36.6 Å². The number of halogens is 1. The molecule has 0 radical (unpaired) electrons. The van der Waals surface area contributed by atoms with Crippen LogP contribution >= 0.6 is 11.6 Å². The summed E-state index contributed by atoms with van der Waals surface area (Å²) in [6.45, 7) is 4.53. The molecule has 0 bridgehead atoms. The van der Waals surface area contributed by atoms with Gasteiger partial charge in [-0.15, -0.1) is 0 Å². The molecule has 112 valence electrons. The Morgan fingerprint density at radius 3 is 2.35 bits per heavy atom. The summed E-state index contributed by atoms with van der Waals surface area (Å²) in [7, 11) is 3.64. The molecule has 5 heteroatoms. The van der Waals surface area contributed by atoms with E-state index in [9.17, 15) is 4.79 Å². The summed E-state index contributed by atoms with van der Waals surface area (Å²) >= 11 is 5.92. The number of hydrogen-bond donors (Lipinski definition) is 2. The van der Waals surface area contributed by atoms with Crippen LogP contribution in [0.2, 0.25) is 5.02 Å². The van der Waals surface area contributed by atoms with Crippen LogP contribution in [-0.2, 0) is 4.79 Å². The van der Waals surface area contributed by atoms with Crippen molar-refractivity contribution in [1.29, 1.82) is 0 Å². The lowest BCUT2D eigenvalue weighted by molar-refractivity contribution is -0.124. The van der Waals surface area contributed by atoms with Crippen LogP contribution in [0, 0.1) is 5.92 Å². The summed E-state index contributed by atoms with van der Waals surface area (Å²) in [5.74, 6) is -0.0464. The molecule has 0 aliphatic rings. The Morgan fingerprint density at radius 2 is 1.90 bits per heavy atom. The molecule has 0 aromatic heterocycles. The monoisotopic (exact) mass is 297 g/mol. The Morgan fingerprint density at radius 1 is 1.35 bits per heavy atom. The molecule has 3 atom stereocenters. The van der Waals surface area contributed by atoms with Crippen molar-refractivity contribution in [3.8, 4) is 0 Å². The van der Waals surface area contributed by atoms with Gasteiger partial charge >= 0.3 is 0 Å². The Kier molecular flexibility index (Phi) is 6.46. The van der Waals surface area contributed by atoms with Crippen LogP contribution in [0.3, 0.4) is 0 Å². The fourth-order valence-electron chi connectivity index (χ4n) is 2.49. The number of carbonyl (C=O) groups is 1. The van der Waals surface area contributed by atoms with Gasteiger partial charge in [-0.25, -0.2) is 0 Å². The van der Waals surface area contributed by atoms with E-state index in [1.165, 1.54) is 0 Å². The predicted molar refractivity (Wildman–Crippen MR) is 83.7 cm³/mol. The largest absolute Gasteiger partial charge is 0.359 e. The summed E-state index contributed by atoms with van der Waals surface area (Å²) in [5, 5.41) is 3.38. The highest BCUT2D eigenvalue weighted by atomic mass is 35.5. The molecular weight excluding hydrogens is 274 g/mol. The fraction of sp³-hybridized carbons (Fsp3) is 0.533. The van der Waals surface area contributed by atoms with Gasteiger partial charge in [-0.2, -0.15) is 0 Å². The summed E-state index contributed by atoms with van der Waals surface area (Å²) in [6, 6.07) is 7.71. The lowest BCUT2D eigenvalue weighted by atomic mass is 9.98. The zero-order valence-electron chi connectivity index (χ0n) is 12.6. The van der Waals surface area contributed by atoms with Gasteiger partial charge in [0.15, 0.2) is 0 Å². The van der Waals surface area contributed by atoms with Crippen molar-refractivity contribution in [1.82, 2.24) is 10.2 Å². The van der Waals surface area contributed by atoms with E-state index in [0.717, 1.165) is 5.56 Å². The first-order chi connectivity index (χ1) is 9.36. The number of likely N-dealkylation sites (N-methyl/N-ethyl adjacent to an activating group) is 1. The molecule has 0 aliphatic heterocycles. The number of rotatable bonds is 6. The van der Waals surface area contributed by atoms with Crippen LogP contribution in [0.5, 0.6) is 0 Å². The molecule has 4 nitrogen and oxygen atoms in total. The van der Waals surface area contributed by atoms with E-state index >= 15 is 0 Å². The fourth-order valence-corrected chi connectivity index (χ4v) is 2.62. The number of hydrogen-bond acceptors (Lipinski definition) is 3. The minimum Gasteiger partial charge on any atom is -0.359 e. The molecule has 20 heavy (non-hydrogen) atoms. The quantitative estimate of drug-likeness (QED) is 0.845. The van der Waals surface area contributed by atoms with Crippen LogP contribution < -0.4 is 11.1 Å².